The number of ether oxygens (including phenoxy) is 2. The van der Waals surface area contributed by atoms with E-state index in [4.69, 9.17) is 10.5 Å². The SMILES string of the molecule is COc1cc(OC(F)(F)F)ccc1C=Nn1cc(C)nc1N. The molecule has 0 fully saturated rings. The number of aryl methyl sites for hydroxylation is 1. The number of halogens is 3. The molecule has 0 atom stereocenters. The zero-order chi connectivity index (χ0) is 16.3. The first-order valence-corrected chi connectivity index (χ1v) is 6.08. The molecule has 0 saturated heterocycles. The average Bonchev–Trinajstić information content (AvgIpc) is 2.73. The van der Waals surface area contributed by atoms with Crippen molar-refractivity contribution in [1.82, 2.24) is 9.66 Å². The monoisotopic (exact) mass is 314 g/mol. The number of benzene rings is 1. The summed E-state index contributed by atoms with van der Waals surface area (Å²) in [6.45, 7) is 1.76. The largest absolute Gasteiger partial charge is 0.573 e. The quantitative estimate of drug-likeness (QED) is 0.880. The first-order chi connectivity index (χ1) is 10.3. The van der Waals surface area contributed by atoms with Crippen LogP contribution < -0.4 is 15.2 Å². The predicted octanol–water partition coefficient (Wildman–Crippen LogP) is 2.56. The van der Waals surface area contributed by atoms with E-state index in [2.05, 4.69) is 14.8 Å². The Morgan fingerprint density at radius 2 is 2.09 bits per heavy atom. The molecule has 2 aromatic rings. The number of alkyl halides is 3. The fourth-order valence-corrected chi connectivity index (χ4v) is 1.72. The molecule has 0 amide bonds. The third kappa shape index (κ3) is 3.90. The van der Waals surface area contributed by atoms with Gasteiger partial charge in [-0.25, -0.2) is 9.66 Å². The molecule has 1 heterocycles. The summed E-state index contributed by atoms with van der Waals surface area (Å²) >= 11 is 0. The van der Waals surface area contributed by atoms with Crippen LogP contribution in [0.4, 0.5) is 19.1 Å². The van der Waals surface area contributed by atoms with E-state index < -0.39 is 6.36 Å². The van der Waals surface area contributed by atoms with Crippen molar-refractivity contribution >= 4 is 12.2 Å². The third-order valence-corrected chi connectivity index (χ3v) is 2.59. The van der Waals surface area contributed by atoms with Crippen molar-refractivity contribution < 1.29 is 22.6 Å². The Morgan fingerprint density at radius 1 is 1.36 bits per heavy atom. The molecule has 0 spiro atoms. The Morgan fingerprint density at radius 3 is 2.64 bits per heavy atom. The third-order valence-electron chi connectivity index (χ3n) is 2.59. The molecule has 1 aromatic heterocycles. The van der Waals surface area contributed by atoms with E-state index >= 15 is 0 Å². The zero-order valence-electron chi connectivity index (χ0n) is 11.8. The lowest BCUT2D eigenvalue weighted by Crippen LogP contribution is -2.17. The van der Waals surface area contributed by atoms with Crippen LogP contribution in [0.3, 0.4) is 0 Å². The molecule has 118 valence electrons. The Hall–Kier alpha value is -2.71. The van der Waals surface area contributed by atoms with Gasteiger partial charge in [0.15, 0.2) is 0 Å². The molecule has 0 bridgehead atoms. The molecule has 9 heteroatoms. The van der Waals surface area contributed by atoms with Gasteiger partial charge in [0, 0.05) is 11.6 Å². The smallest absolute Gasteiger partial charge is 0.496 e. The molecule has 0 saturated carbocycles. The van der Waals surface area contributed by atoms with Crippen molar-refractivity contribution in [2.24, 2.45) is 5.10 Å². The van der Waals surface area contributed by atoms with Crippen LogP contribution in [-0.2, 0) is 0 Å². The van der Waals surface area contributed by atoms with Gasteiger partial charge in [0.05, 0.1) is 25.2 Å². The van der Waals surface area contributed by atoms with Crippen molar-refractivity contribution in [3.63, 3.8) is 0 Å². The average molecular weight is 314 g/mol. The number of aromatic nitrogens is 2. The van der Waals surface area contributed by atoms with Gasteiger partial charge in [-0.15, -0.1) is 13.2 Å². The summed E-state index contributed by atoms with van der Waals surface area (Å²) in [5, 5.41) is 4.07. The van der Waals surface area contributed by atoms with E-state index in [0.29, 0.717) is 11.3 Å². The normalized spacial score (nSPS) is 11.9. The first kappa shape index (κ1) is 15.7. The maximum absolute atomic E-state index is 12.2. The number of rotatable bonds is 4. The van der Waals surface area contributed by atoms with Gasteiger partial charge < -0.3 is 15.2 Å². The molecule has 0 aliphatic heterocycles. The molecular formula is C13H13F3N4O2. The summed E-state index contributed by atoms with van der Waals surface area (Å²) in [4.78, 5) is 3.97. The lowest BCUT2D eigenvalue weighted by atomic mass is 10.2. The summed E-state index contributed by atoms with van der Waals surface area (Å²) in [7, 11) is 1.33. The van der Waals surface area contributed by atoms with Crippen molar-refractivity contribution in [2.45, 2.75) is 13.3 Å². The van der Waals surface area contributed by atoms with Gasteiger partial charge in [-0.3, -0.25) is 0 Å². The lowest BCUT2D eigenvalue weighted by molar-refractivity contribution is -0.274. The van der Waals surface area contributed by atoms with E-state index in [1.807, 2.05) is 0 Å². The van der Waals surface area contributed by atoms with Gasteiger partial charge >= 0.3 is 6.36 Å². The highest BCUT2D eigenvalue weighted by Crippen LogP contribution is 2.28. The van der Waals surface area contributed by atoms with E-state index in [0.717, 1.165) is 6.07 Å². The fourth-order valence-electron chi connectivity index (χ4n) is 1.72. The van der Waals surface area contributed by atoms with Gasteiger partial charge in [0.25, 0.3) is 0 Å². The number of nitrogens with two attached hydrogens (primary N) is 1. The molecule has 22 heavy (non-hydrogen) atoms. The van der Waals surface area contributed by atoms with Crippen molar-refractivity contribution in [2.75, 3.05) is 12.8 Å². The van der Waals surface area contributed by atoms with E-state index in [-0.39, 0.29) is 17.4 Å². The van der Waals surface area contributed by atoms with Crippen LogP contribution >= 0.6 is 0 Å². The van der Waals surface area contributed by atoms with Gasteiger partial charge in [0.2, 0.25) is 5.95 Å². The van der Waals surface area contributed by atoms with Crippen LogP contribution in [0.2, 0.25) is 0 Å². The second-order valence-electron chi connectivity index (χ2n) is 4.28. The van der Waals surface area contributed by atoms with Gasteiger partial charge in [-0.2, -0.15) is 5.10 Å². The van der Waals surface area contributed by atoms with Crippen LogP contribution in [0.5, 0.6) is 11.5 Å². The number of methoxy groups -OCH3 is 1. The number of hydrogen-bond donors (Lipinski definition) is 1. The number of anilines is 1. The minimum atomic E-state index is -4.76. The molecule has 0 aliphatic rings. The predicted molar refractivity (Wildman–Crippen MR) is 74.0 cm³/mol. The molecule has 0 radical (unpaired) electrons. The second kappa shape index (κ2) is 5.96. The lowest BCUT2D eigenvalue weighted by Gasteiger charge is -2.11. The molecule has 0 aliphatic carbocycles. The van der Waals surface area contributed by atoms with Crippen LogP contribution in [0, 0.1) is 6.92 Å². The standard InChI is InChI=1S/C13H13F3N4O2/c1-8-7-20(12(17)19-8)18-6-9-3-4-10(5-11(9)21-2)22-13(14,15)16/h3-7H,1-2H3,(H2,17,19). The number of nitrogen functional groups attached to an aromatic ring is 1. The summed E-state index contributed by atoms with van der Waals surface area (Å²) in [5.74, 6) is 0.00476. The number of hydrogen-bond acceptors (Lipinski definition) is 5. The molecule has 2 N–H and O–H groups in total. The van der Waals surface area contributed by atoms with Gasteiger partial charge in [0.1, 0.15) is 11.5 Å². The maximum Gasteiger partial charge on any atom is 0.573 e. The van der Waals surface area contributed by atoms with Crippen LogP contribution in [0.1, 0.15) is 11.3 Å². The molecule has 6 nitrogen and oxygen atoms in total. The van der Waals surface area contributed by atoms with Crippen LogP contribution in [-0.4, -0.2) is 29.3 Å². The minimum absolute atomic E-state index is 0.181. The molecule has 2 rings (SSSR count). The van der Waals surface area contributed by atoms with Crippen molar-refractivity contribution in [3.05, 3.63) is 35.7 Å². The highest BCUT2D eigenvalue weighted by atomic mass is 19.4. The first-order valence-electron chi connectivity index (χ1n) is 6.08. The Balaban J connectivity index is 2.26. The zero-order valence-corrected chi connectivity index (χ0v) is 11.8. The van der Waals surface area contributed by atoms with Crippen molar-refractivity contribution in [3.8, 4) is 11.5 Å². The fraction of sp³-hybridized carbons (Fsp3) is 0.231. The minimum Gasteiger partial charge on any atom is -0.496 e. The topological polar surface area (TPSA) is 74.7 Å². The van der Waals surface area contributed by atoms with Crippen LogP contribution in [0.15, 0.2) is 29.5 Å². The summed E-state index contributed by atoms with van der Waals surface area (Å²) in [6.07, 6.45) is -1.75. The summed E-state index contributed by atoms with van der Waals surface area (Å²) in [6, 6.07) is 3.68. The highest BCUT2D eigenvalue weighted by Gasteiger charge is 2.31. The van der Waals surface area contributed by atoms with Gasteiger partial charge in [-0.1, -0.05) is 0 Å². The maximum atomic E-state index is 12.2. The Kier molecular flexibility index (Phi) is 4.25. The molecular weight excluding hydrogens is 301 g/mol. The second-order valence-corrected chi connectivity index (χ2v) is 4.28. The van der Waals surface area contributed by atoms with Gasteiger partial charge in [-0.05, 0) is 19.1 Å². The summed E-state index contributed by atoms with van der Waals surface area (Å²) < 4.78 is 46.7. The highest BCUT2D eigenvalue weighted by molar-refractivity contribution is 5.84. The van der Waals surface area contributed by atoms with Crippen molar-refractivity contribution in [1.29, 1.82) is 0 Å². The Labute approximate surface area is 124 Å². The number of nitrogens with zero attached hydrogens (tertiary/aromatic N) is 3. The van der Waals surface area contributed by atoms with E-state index in [1.54, 1.807) is 13.1 Å². The molecule has 0 unspecified atom stereocenters. The van der Waals surface area contributed by atoms with Crippen LogP contribution in [0.25, 0.3) is 0 Å². The molecule has 1 aromatic carbocycles. The summed E-state index contributed by atoms with van der Waals surface area (Å²) in [5.41, 5.74) is 6.78. The Bertz CT molecular complexity index is 695. The number of imidazole rings is 1. The van der Waals surface area contributed by atoms with E-state index in [9.17, 15) is 13.2 Å². The van der Waals surface area contributed by atoms with E-state index in [1.165, 1.54) is 30.1 Å².